The van der Waals surface area contributed by atoms with E-state index in [9.17, 15) is 9.59 Å². The predicted octanol–water partition coefficient (Wildman–Crippen LogP) is 0.530. The van der Waals surface area contributed by atoms with Gasteiger partial charge in [-0.25, -0.2) is 0 Å². The fourth-order valence-corrected chi connectivity index (χ4v) is 1.51. The Balaban J connectivity index is 2.71. The van der Waals surface area contributed by atoms with Crippen LogP contribution in [0.1, 0.15) is 0 Å². The van der Waals surface area contributed by atoms with Crippen LogP contribution >= 0.6 is 11.6 Å². The van der Waals surface area contributed by atoms with Gasteiger partial charge in [0.1, 0.15) is 12.1 Å². The third kappa shape index (κ3) is 1.74. The minimum atomic E-state index is -1.15. The lowest BCUT2D eigenvalue weighted by molar-refractivity contribution is -0.138. The second-order valence-corrected chi connectivity index (χ2v) is 3.49. The molecule has 0 fully saturated rings. The van der Waals surface area contributed by atoms with E-state index in [4.69, 9.17) is 16.7 Å². The van der Waals surface area contributed by atoms with Gasteiger partial charge < -0.3 is 5.11 Å². The fraction of sp³-hybridized carbons (Fsp3) is 0.111. The molecule has 16 heavy (non-hydrogen) atoms. The molecule has 0 aliphatic rings. The zero-order chi connectivity index (χ0) is 11.7. The minimum absolute atomic E-state index is 0.253. The van der Waals surface area contributed by atoms with Crippen LogP contribution in [0.2, 0.25) is 5.02 Å². The van der Waals surface area contributed by atoms with Crippen molar-refractivity contribution < 1.29 is 9.90 Å². The summed E-state index contributed by atoms with van der Waals surface area (Å²) in [6.07, 6.45) is 0. The number of carboxylic acid groups (broad SMARTS) is 1. The van der Waals surface area contributed by atoms with Crippen molar-refractivity contribution in [2.24, 2.45) is 0 Å². The van der Waals surface area contributed by atoms with E-state index in [2.05, 4.69) is 10.3 Å². The van der Waals surface area contributed by atoms with Gasteiger partial charge in [0.15, 0.2) is 0 Å². The maximum absolute atomic E-state index is 11.8. The van der Waals surface area contributed by atoms with Crippen LogP contribution in [0.3, 0.4) is 0 Å². The van der Waals surface area contributed by atoms with E-state index in [1.54, 1.807) is 12.1 Å². The first kappa shape index (κ1) is 10.6. The van der Waals surface area contributed by atoms with Crippen molar-refractivity contribution in [3.8, 4) is 0 Å². The van der Waals surface area contributed by atoms with Crippen molar-refractivity contribution in [3.05, 3.63) is 33.6 Å². The molecule has 2 rings (SSSR count). The van der Waals surface area contributed by atoms with Gasteiger partial charge in [-0.05, 0) is 12.1 Å². The first-order valence-corrected chi connectivity index (χ1v) is 4.71. The number of nitrogens with zero attached hydrogens (tertiary/aromatic N) is 3. The molecule has 0 amide bonds. The number of carbonyl (C=O) groups is 1. The summed E-state index contributed by atoms with van der Waals surface area (Å²) in [6, 6.07) is 4.70. The predicted molar refractivity (Wildman–Crippen MR) is 56.4 cm³/mol. The number of aliphatic carboxylic acids is 1. The van der Waals surface area contributed by atoms with Crippen LogP contribution in [0.4, 0.5) is 0 Å². The summed E-state index contributed by atoms with van der Waals surface area (Å²) >= 11 is 5.82. The quantitative estimate of drug-likeness (QED) is 0.826. The largest absolute Gasteiger partial charge is 0.480 e. The molecule has 1 N–H and O–H groups in total. The average Bonchev–Trinajstić information content (AvgIpc) is 2.23. The third-order valence-corrected chi connectivity index (χ3v) is 2.29. The van der Waals surface area contributed by atoms with Gasteiger partial charge in [-0.15, -0.1) is 5.10 Å². The number of benzene rings is 1. The SMILES string of the molecule is O=C(O)Cn1nnc2c(Cl)cccc2c1=O. The van der Waals surface area contributed by atoms with Crippen molar-refractivity contribution >= 4 is 28.5 Å². The molecule has 0 aliphatic heterocycles. The number of aromatic nitrogens is 3. The maximum Gasteiger partial charge on any atom is 0.325 e. The van der Waals surface area contributed by atoms with Crippen LogP contribution in [0.25, 0.3) is 10.9 Å². The second kappa shape index (κ2) is 3.90. The molecule has 2 aromatic rings. The molecular formula is C9H6ClN3O3. The number of carboxylic acids is 1. The van der Waals surface area contributed by atoms with E-state index in [-0.39, 0.29) is 10.9 Å². The van der Waals surface area contributed by atoms with Gasteiger partial charge in [-0.3, -0.25) is 9.59 Å². The highest BCUT2D eigenvalue weighted by atomic mass is 35.5. The van der Waals surface area contributed by atoms with Crippen LogP contribution in [-0.2, 0) is 11.3 Å². The number of halogens is 1. The Morgan fingerprint density at radius 2 is 2.25 bits per heavy atom. The lowest BCUT2D eigenvalue weighted by atomic mass is 10.2. The van der Waals surface area contributed by atoms with E-state index < -0.39 is 18.1 Å². The topological polar surface area (TPSA) is 85.1 Å². The summed E-state index contributed by atoms with van der Waals surface area (Å²) in [4.78, 5) is 22.2. The first-order valence-electron chi connectivity index (χ1n) is 4.33. The molecule has 7 heteroatoms. The summed E-state index contributed by atoms with van der Waals surface area (Å²) in [5.74, 6) is -1.15. The Morgan fingerprint density at radius 3 is 2.94 bits per heavy atom. The van der Waals surface area contributed by atoms with E-state index in [0.29, 0.717) is 5.02 Å². The molecule has 0 radical (unpaired) electrons. The number of fused-ring (bicyclic) bond motifs is 1. The van der Waals surface area contributed by atoms with Crippen molar-refractivity contribution in [2.75, 3.05) is 0 Å². The van der Waals surface area contributed by atoms with Crippen molar-refractivity contribution in [2.45, 2.75) is 6.54 Å². The Kier molecular flexibility index (Phi) is 2.57. The second-order valence-electron chi connectivity index (χ2n) is 3.08. The van der Waals surface area contributed by atoms with Gasteiger partial charge in [-0.1, -0.05) is 22.9 Å². The number of hydrogen-bond donors (Lipinski definition) is 1. The molecule has 0 saturated carbocycles. The van der Waals surface area contributed by atoms with Crippen molar-refractivity contribution in [1.82, 2.24) is 15.0 Å². The summed E-state index contributed by atoms with van der Waals surface area (Å²) in [7, 11) is 0. The van der Waals surface area contributed by atoms with Gasteiger partial charge >= 0.3 is 5.97 Å². The first-order chi connectivity index (χ1) is 7.59. The van der Waals surface area contributed by atoms with Crippen LogP contribution in [0, 0.1) is 0 Å². The fourth-order valence-electron chi connectivity index (χ4n) is 1.30. The summed E-state index contributed by atoms with van der Waals surface area (Å²) in [5.41, 5.74) is -0.245. The molecule has 0 aliphatic carbocycles. The smallest absolute Gasteiger partial charge is 0.325 e. The average molecular weight is 240 g/mol. The lowest BCUT2D eigenvalue weighted by Gasteiger charge is -2.02. The maximum atomic E-state index is 11.8. The van der Waals surface area contributed by atoms with Crippen molar-refractivity contribution in [3.63, 3.8) is 0 Å². The van der Waals surface area contributed by atoms with E-state index >= 15 is 0 Å². The molecule has 0 spiro atoms. The highest BCUT2D eigenvalue weighted by Crippen LogP contribution is 2.16. The Hall–Kier alpha value is -1.95. The molecule has 1 heterocycles. The minimum Gasteiger partial charge on any atom is -0.480 e. The van der Waals surface area contributed by atoms with E-state index in [0.717, 1.165) is 4.68 Å². The zero-order valence-corrected chi connectivity index (χ0v) is 8.68. The van der Waals surface area contributed by atoms with Crippen LogP contribution < -0.4 is 5.56 Å². The highest BCUT2D eigenvalue weighted by Gasteiger charge is 2.09. The summed E-state index contributed by atoms with van der Waals surface area (Å²) in [6.45, 7) is -0.520. The van der Waals surface area contributed by atoms with Crippen LogP contribution in [0.5, 0.6) is 0 Å². The molecule has 6 nitrogen and oxygen atoms in total. The molecule has 0 unspecified atom stereocenters. The van der Waals surface area contributed by atoms with Crippen LogP contribution in [-0.4, -0.2) is 26.1 Å². The van der Waals surface area contributed by atoms with Gasteiger partial charge in [0.05, 0.1) is 10.4 Å². The van der Waals surface area contributed by atoms with Gasteiger partial charge in [0.2, 0.25) is 0 Å². The summed E-state index contributed by atoms with van der Waals surface area (Å²) in [5, 5.41) is 16.3. The monoisotopic (exact) mass is 239 g/mol. The normalized spacial score (nSPS) is 10.6. The molecule has 82 valence electrons. The lowest BCUT2D eigenvalue weighted by Crippen LogP contribution is -2.27. The van der Waals surface area contributed by atoms with Gasteiger partial charge in [0.25, 0.3) is 5.56 Å². The molecule has 0 atom stereocenters. The Morgan fingerprint density at radius 1 is 1.50 bits per heavy atom. The van der Waals surface area contributed by atoms with Crippen molar-refractivity contribution in [1.29, 1.82) is 0 Å². The third-order valence-electron chi connectivity index (χ3n) is 1.99. The van der Waals surface area contributed by atoms with Gasteiger partial charge in [0, 0.05) is 0 Å². The molecule has 0 saturated heterocycles. The van der Waals surface area contributed by atoms with E-state index in [1.165, 1.54) is 6.07 Å². The number of hydrogen-bond acceptors (Lipinski definition) is 4. The zero-order valence-electron chi connectivity index (χ0n) is 7.92. The highest BCUT2D eigenvalue weighted by molar-refractivity contribution is 6.34. The molecule has 1 aromatic carbocycles. The molecule has 0 bridgehead atoms. The Bertz CT molecular complexity index is 623. The summed E-state index contributed by atoms with van der Waals surface area (Å²) < 4.78 is 0.779. The number of rotatable bonds is 2. The van der Waals surface area contributed by atoms with E-state index in [1.807, 2.05) is 0 Å². The molecule has 1 aromatic heterocycles. The van der Waals surface area contributed by atoms with Gasteiger partial charge in [-0.2, -0.15) is 4.68 Å². The molecular weight excluding hydrogens is 234 g/mol. The Labute approximate surface area is 94.1 Å². The van der Waals surface area contributed by atoms with Crippen LogP contribution in [0.15, 0.2) is 23.0 Å². The standard InChI is InChI=1S/C9H6ClN3O3/c10-6-3-1-2-5-8(6)11-12-13(9(5)16)4-7(14)15/h1-3H,4H2,(H,14,15).